The number of carbonyl (C=O) groups is 2. The van der Waals surface area contributed by atoms with Gasteiger partial charge in [-0.25, -0.2) is 4.21 Å². The number of ether oxygens (including phenoxy) is 2. The number of nitrogens with zero attached hydrogens (tertiary/aromatic N) is 1. The van der Waals surface area contributed by atoms with Gasteiger partial charge >= 0.3 is 5.97 Å². The Kier molecular flexibility index (Phi) is 7.51. The van der Waals surface area contributed by atoms with Gasteiger partial charge in [-0.3, -0.25) is 9.59 Å². The predicted molar refractivity (Wildman–Crippen MR) is 131 cm³/mol. The summed E-state index contributed by atoms with van der Waals surface area (Å²) in [7, 11) is -2.78. The molecule has 0 radical (unpaired) electrons. The molecule has 1 saturated carbocycles. The first-order valence-corrected chi connectivity index (χ1v) is 13.9. The van der Waals surface area contributed by atoms with E-state index in [9.17, 15) is 13.8 Å². The summed E-state index contributed by atoms with van der Waals surface area (Å²) in [4.78, 5) is 24.9. The van der Waals surface area contributed by atoms with E-state index in [0.29, 0.717) is 30.8 Å². The predicted octanol–water partition coefficient (Wildman–Crippen LogP) is 5.76. The van der Waals surface area contributed by atoms with Gasteiger partial charge in [0.25, 0.3) is 5.91 Å². The van der Waals surface area contributed by atoms with Crippen molar-refractivity contribution in [1.82, 2.24) is 0 Å². The van der Waals surface area contributed by atoms with Crippen LogP contribution < -0.4 is 4.74 Å². The van der Waals surface area contributed by atoms with Crippen molar-refractivity contribution in [2.75, 3.05) is 6.26 Å². The Labute approximate surface area is 202 Å². The maximum Gasteiger partial charge on any atom is 0.309 e. The lowest BCUT2D eigenvalue weighted by atomic mass is 9.85. The van der Waals surface area contributed by atoms with Crippen molar-refractivity contribution >= 4 is 48.9 Å². The Balaban J connectivity index is 1.66. The van der Waals surface area contributed by atoms with Gasteiger partial charge in [0.05, 0.1) is 19.4 Å². The van der Waals surface area contributed by atoms with Crippen molar-refractivity contribution in [1.29, 1.82) is 0 Å². The first kappa shape index (κ1) is 24.9. The molecule has 1 aromatic heterocycles. The Morgan fingerprint density at radius 3 is 2.53 bits per heavy atom. The first-order valence-electron chi connectivity index (χ1n) is 10.3. The minimum Gasteiger partial charge on any atom is -0.489 e. The third-order valence-electron chi connectivity index (χ3n) is 5.17. The number of halogens is 1. The van der Waals surface area contributed by atoms with Gasteiger partial charge in [-0.05, 0) is 85.6 Å². The van der Waals surface area contributed by atoms with Crippen LogP contribution in [0.3, 0.4) is 0 Å². The zero-order valence-corrected chi connectivity index (χ0v) is 22.1. The molecule has 0 bridgehead atoms. The summed E-state index contributed by atoms with van der Waals surface area (Å²) >= 11 is 5.01. The average molecular weight is 543 g/mol. The van der Waals surface area contributed by atoms with Gasteiger partial charge in [0.1, 0.15) is 18.0 Å². The second-order valence-corrected chi connectivity index (χ2v) is 14.0. The van der Waals surface area contributed by atoms with Crippen LogP contribution in [0, 0.1) is 12.8 Å². The second-order valence-electron chi connectivity index (χ2n) is 9.11. The number of hydrogen-bond acceptors (Lipinski definition) is 6. The van der Waals surface area contributed by atoms with Crippen LogP contribution in [0.2, 0.25) is 0 Å². The molecular formula is C23H28BrNO5S2. The molecule has 0 N–H and O–H groups in total. The molecule has 1 aliphatic carbocycles. The molecule has 1 heterocycles. The van der Waals surface area contributed by atoms with Gasteiger partial charge in [0.2, 0.25) is 0 Å². The van der Waals surface area contributed by atoms with Crippen LogP contribution in [-0.2, 0) is 25.9 Å². The average Bonchev–Trinajstić information content (AvgIpc) is 3.02. The maximum atomic E-state index is 13.1. The Morgan fingerprint density at radius 1 is 1.25 bits per heavy atom. The summed E-state index contributed by atoms with van der Waals surface area (Å²) in [5.41, 5.74) is 1.70. The maximum absolute atomic E-state index is 13.1. The molecule has 1 amide bonds. The van der Waals surface area contributed by atoms with Gasteiger partial charge in [-0.2, -0.15) is 4.36 Å². The summed E-state index contributed by atoms with van der Waals surface area (Å²) in [5, 5.41) is 1.70. The summed E-state index contributed by atoms with van der Waals surface area (Å²) in [6.45, 7) is 7.74. The molecule has 0 saturated heterocycles. The molecule has 3 rings (SSSR count). The lowest BCUT2D eigenvalue weighted by Gasteiger charge is -2.35. The molecule has 0 spiro atoms. The van der Waals surface area contributed by atoms with Crippen molar-refractivity contribution in [2.45, 2.75) is 58.0 Å². The highest BCUT2D eigenvalue weighted by molar-refractivity contribution is 9.11. The smallest absolute Gasteiger partial charge is 0.309 e. The number of aryl methyl sites for hydroxylation is 1. The van der Waals surface area contributed by atoms with Crippen LogP contribution >= 0.6 is 27.3 Å². The fraction of sp³-hybridized carbons (Fsp3) is 0.478. The molecule has 6 nitrogen and oxygen atoms in total. The third kappa shape index (κ3) is 6.42. The van der Waals surface area contributed by atoms with Crippen LogP contribution in [0.5, 0.6) is 5.75 Å². The number of rotatable bonds is 6. The summed E-state index contributed by atoms with van der Waals surface area (Å²) in [6, 6.07) is 7.08. The van der Waals surface area contributed by atoms with E-state index in [-0.39, 0.29) is 17.1 Å². The SMILES string of the molecule is Cc1ccc(C(=O)N=S(C)(=O)C2CC(C(=O)OC(C)(C)C)C2)cc1OCc1csc(Br)c1. The number of carbonyl (C=O) groups excluding carboxylic acids is 2. The number of thiophene rings is 1. The lowest BCUT2D eigenvalue weighted by Crippen LogP contribution is -2.42. The minimum atomic E-state index is -2.78. The molecule has 174 valence electrons. The standard InChI is InChI=1S/C23H28BrNO5S2/c1-14-6-7-16(11-19(14)29-12-15-8-20(24)31-13-15)21(26)25-32(5,28)18-9-17(10-18)22(27)30-23(2,3)4/h6-8,11,13,17-18H,9-10,12H2,1-5H3. The van der Waals surface area contributed by atoms with E-state index in [1.165, 1.54) is 6.26 Å². The van der Waals surface area contributed by atoms with E-state index in [1.807, 2.05) is 39.1 Å². The molecule has 1 aliphatic rings. The third-order valence-corrected chi connectivity index (χ3v) is 8.87. The van der Waals surface area contributed by atoms with E-state index >= 15 is 0 Å². The molecule has 1 fully saturated rings. The number of esters is 1. The number of amides is 1. The molecular weight excluding hydrogens is 514 g/mol. The van der Waals surface area contributed by atoms with Gasteiger partial charge in [0, 0.05) is 22.6 Å². The summed E-state index contributed by atoms with van der Waals surface area (Å²) in [6.07, 6.45) is 2.32. The van der Waals surface area contributed by atoms with Gasteiger partial charge in [-0.15, -0.1) is 11.3 Å². The monoisotopic (exact) mass is 541 g/mol. The first-order chi connectivity index (χ1) is 14.8. The van der Waals surface area contributed by atoms with Crippen LogP contribution in [-0.4, -0.2) is 33.2 Å². The Hall–Kier alpha value is -1.71. The van der Waals surface area contributed by atoms with Crippen molar-refractivity contribution < 1.29 is 23.3 Å². The van der Waals surface area contributed by atoms with Crippen LogP contribution in [0.25, 0.3) is 0 Å². The molecule has 9 heteroatoms. The van der Waals surface area contributed by atoms with Gasteiger partial charge in [-0.1, -0.05) is 6.07 Å². The topological polar surface area (TPSA) is 82.0 Å². The van der Waals surface area contributed by atoms with E-state index in [4.69, 9.17) is 9.47 Å². The second kappa shape index (κ2) is 9.65. The van der Waals surface area contributed by atoms with E-state index < -0.39 is 21.2 Å². The van der Waals surface area contributed by atoms with E-state index in [1.54, 1.807) is 29.5 Å². The molecule has 1 atom stereocenters. The quantitative estimate of drug-likeness (QED) is 0.434. The minimum absolute atomic E-state index is 0.284. The highest BCUT2D eigenvalue weighted by Gasteiger charge is 2.41. The molecule has 32 heavy (non-hydrogen) atoms. The summed E-state index contributed by atoms with van der Waals surface area (Å²) < 4.78 is 29.4. The highest BCUT2D eigenvalue weighted by Crippen LogP contribution is 2.35. The van der Waals surface area contributed by atoms with Crippen molar-refractivity contribution in [3.8, 4) is 5.75 Å². The fourth-order valence-corrected chi connectivity index (χ4v) is 6.22. The normalized spacial score (nSPS) is 20.1. The van der Waals surface area contributed by atoms with Crippen LogP contribution in [0.4, 0.5) is 0 Å². The number of benzene rings is 1. The highest BCUT2D eigenvalue weighted by atomic mass is 79.9. The zero-order valence-electron chi connectivity index (χ0n) is 18.8. The van der Waals surface area contributed by atoms with E-state index in [0.717, 1.165) is 14.9 Å². The molecule has 1 unspecified atom stereocenters. The zero-order chi connectivity index (χ0) is 23.7. The Morgan fingerprint density at radius 2 is 1.94 bits per heavy atom. The van der Waals surface area contributed by atoms with Crippen LogP contribution in [0.1, 0.15) is 55.1 Å². The van der Waals surface area contributed by atoms with Crippen molar-refractivity contribution in [3.05, 3.63) is 50.1 Å². The van der Waals surface area contributed by atoms with E-state index in [2.05, 4.69) is 20.3 Å². The molecule has 2 aromatic rings. The van der Waals surface area contributed by atoms with Gasteiger partial charge < -0.3 is 9.47 Å². The lowest BCUT2D eigenvalue weighted by molar-refractivity contribution is -0.162. The number of hydrogen-bond donors (Lipinski definition) is 0. The largest absolute Gasteiger partial charge is 0.489 e. The Bertz CT molecular complexity index is 1140. The van der Waals surface area contributed by atoms with Crippen LogP contribution in [0.15, 0.2) is 37.8 Å². The molecule has 0 aliphatic heterocycles. The van der Waals surface area contributed by atoms with Crippen molar-refractivity contribution in [3.63, 3.8) is 0 Å². The molecule has 1 aromatic carbocycles. The fourth-order valence-electron chi connectivity index (χ4n) is 3.26. The van der Waals surface area contributed by atoms with Gasteiger partial charge in [0.15, 0.2) is 0 Å². The summed E-state index contributed by atoms with van der Waals surface area (Å²) in [5.74, 6) is -0.527. The van der Waals surface area contributed by atoms with Crippen molar-refractivity contribution in [2.24, 2.45) is 10.3 Å².